The molecule has 140 valence electrons. The van der Waals surface area contributed by atoms with Crippen molar-refractivity contribution in [2.45, 2.75) is 22.1 Å². The van der Waals surface area contributed by atoms with Crippen molar-refractivity contribution in [3.63, 3.8) is 0 Å². The van der Waals surface area contributed by atoms with Gasteiger partial charge in [-0.3, -0.25) is 4.79 Å². The minimum absolute atomic E-state index is 0.0219. The lowest BCUT2D eigenvalue weighted by Gasteiger charge is -2.31. The first-order valence-corrected chi connectivity index (χ1v) is 11.3. The van der Waals surface area contributed by atoms with Crippen LogP contribution in [0.15, 0.2) is 33.5 Å². The molecule has 26 heavy (non-hydrogen) atoms. The van der Waals surface area contributed by atoms with E-state index in [2.05, 4.69) is 15.5 Å². The van der Waals surface area contributed by atoms with Crippen LogP contribution in [-0.4, -0.2) is 48.2 Å². The molecule has 2 heterocycles. The SMILES string of the molecule is CSc1nnc(NC(=O)[C@H]2CCCN(S(=O)(=O)c3ccc(F)cc3)C2)s1. The summed E-state index contributed by atoms with van der Waals surface area (Å²) in [7, 11) is -3.76. The number of amides is 1. The van der Waals surface area contributed by atoms with Crippen LogP contribution in [0.5, 0.6) is 0 Å². The lowest BCUT2D eigenvalue weighted by molar-refractivity contribution is -0.120. The second-order valence-corrected chi connectivity index (χ2v) is 9.69. The maximum atomic E-state index is 13.0. The van der Waals surface area contributed by atoms with Crippen LogP contribution in [0.2, 0.25) is 0 Å². The predicted octanol–water partition coefficient (Wildman–Crippen LogP) is 2.44. The summed E-state index contributed by atoms with van der Waals surface area (Å²) in [6.45, 7) is 0.415. The van der Waals surface area contributed by atoms with Crippen molar-refractivity contribution in [3.8, 4) is 0 Å². The largest absolute Gasteiger partial charge is 0.300 e. The van der Waals surface area contributed by atoms with Crippen LogP contribution in [-0.2, 0) is 14.8 Å². The Morgan fingerprint density at radius 2 is 2.08 bits per heavy atom. The topological polar surface area (TPSA) is 92.3 Å². The molecule has 7 nitrogen and oxygen atoms in total. The van der Waals surface area contributed by atoms with Gasteiger partial charge in [-0.05, 0) is 43.4 Å². The summed E-state index contributed by atoms with van der Waals surface area (Å²) in [6.07, 6.45) is 3.03. The number of rotatable bonds is 5. The van der Waals surface area contributed by atoms with E-state index in [1.807, 2.05) is 6.26 Å². The molecule has 2 aromatic rings. The highest BCUT2D eigenvalue weighted by molar-refractivity contribution is 8.00. The van der Waals surface area contributed by atoms with Gasteiger partial charge in [0.15, 0.2) is 4.34 Å². The number of nitrogens with one attached hydrogen (secondary N) is 1. The Morgan fingerprint density at radius 1 is 1.35 bits per heavy atom. The Balaban J connectivity index is 1.70. The highest BCUT2D eigenvalue weighted by atomic mass is 32.2. The number of piperidine rings is 1. The Hall–Kier alpha value is -1.56. The first kappa shape index (κ1) is 19.2. The fraction of sp³-hybridized carbons (Fsp3) is 0.400. The summed E-state index contributed by atoms with van der Waals surface area (Å²) in [5, 5.41) is 10.9. The van der Waals surface area contributed by atoms with Gasteiger partial charge in [-0.15, -0.1) is 10.2 Å². The second-order valence-electron chi connectivity index (χ2n) is 5.72. The predicted molar refractivity (Wildman–Crippen MR) is 98.2 cm³/mol. The quantitative estimate of drug-likeness (QED) is 0.595. The van der Waals surface area contributed by atoms with Gasteiger partial charge < -0.3 is 5.32 Å². The Bertz CT molecular complexity index is 886. The number of carbonyl (C=O) groups excluding carboxylic acids is 1. The van der Waals surface area contributed by atoms with Gasteiger partial charge in [-0.2, -0.15) is 4.31 Å². The Labute approximate surface area is 159 Å². The fourth-order valence-electron chi connectivity index (χ4n) is 2.68. The number of nitrogens with zero attached hydrogens (tertiary/aromatic N) is 3. The molecule has 0 aliphatic carbocycles. The minimum Gasteiger partial charge on any atom is -0.300 e. The molecule has 3 rings (SSSR count). The molecule has 0 spiro atoms. The highest BCUT2D eigenvalue weighted by Gasteiger charge is 2.33. The number of hydrogen-bond acceptors (Lipinski definition) is 7. The first-order chi connectivity index (χ1) is 12.4. The Morgan fingerprint density at radius 3 is 2.73 bits per heavy atom. The van der Waals surface area contributed by atoms with E-state index in [1.54, 1.807) is 0 Å². The maximum Gasteiger partial charge on any atom is 0.243 e. The number of anilines is 1. The molecule has 1 saturated heterocycles. The fourth-order valence-corrected chi connectivity index (χ4v) is 5.38. The molecule has 1 atom stereocenters. The van der Waals surface area contributed by atoms with E-state index < -0.39 is 21.8 Å². The molecular weight excluding hydrogens is 399 g/mol. The van der Waals surface area contributed by atoms with Crippen molar-refractivity contribution >= 4 is 44.2 Å². The van der Waals surface area contributed by atoms with E-state index in [-0.39, 0.29) is 17.3 Å². The molecule has 1 N–H and O–H groups in total. The van der Waals surface area contributed by atoms with Gasteiger partial charge in [-0.25, -0.2) is 12.8 Å². The standard InChI is InChI=1S/C15H17FN4O3S3/c1-24-15-19-18-14(25-15)17-13(21)10-3-2-8-20(9-10)26(22,23)12-6-4-11(16)5-7-12/h4-7,10H,2-3,8-9H2,1H3,(H,17,18,21)/t10-/m0/s1. The number of hydrogen-bond donors (Lipinski definition) is 1. The molecule has 0 radical (unpaired) electrons. The second kappa shape index (κ2) is 7.99. The maximum absolute atomic E-state index is 13.0. The van der Waals surface area contributed by atoms with Gasteiger partial charge in [0.1, 0.15) is 5.82 Å². The minimum atomic E-state index is -3.76. The molecule has 0 unspecified atom stereocenters. The van der Waals surface area contributed by atoms with Crippen LogP contribution in [0.4, 0.5) is 9.52 Å². The zero-order valence-corrected chi connectivity index (χ0v) is 16.3. The molecule has 1 aromatic heterocycles. The molecule has 1 aliphatic heterocycles. The average molecular weight is 417 g/mol. The normalized spacial score (nSPS) is 18.6. The number of sulfonamides is 1. The van der Waals surface area contributed by atoms with Gasteiger partial charge >= 0.3 is 0 Å². The van der Waals surface area contributed by atoms with E-state index in [9.17, 15) is 17.6 Å². The van der Waals surface area contributed by atoms with Crippen molar-refractivity contribution in [1.82, 2.24) is 14.5 Å². The van der Waals surface area contributed by atoms with E-state index in [4.69, 9.17) is 0 Å². The summed E-state index contributed by atoms with van der Waals surface area (Å²) in [5.41, 5.74) is 0. The molecular formula is C15H17FN4O3S3. The van der Waals surface area contributed by atoms with Crippen molar-refractivity contribution in [2.75, 3.05) is 24.7 Å². The van der Waals surface area contributed by atoms with Crippen LogP contribution in [0.1, 0.15) is 12.8 Å². The summed E-state index contributed by atoms with van der Waals surface area (Å²) in [5.74, 6) is -1.24. The van der Waals surface area contributed by atoms with Gasteiger partial charge in [-0.1, -0.05) is 23.1 Å². The summed E-state index contributed by atoms with van der Waals surface area (Å²) >= 11 is 2.71. The molecule has 1 amide bonds. The zero-order chi connectivity index (χ0) is 18.7. The number of thioether (sulfide) groups is 1. The lowest BCUT2D eigenvalue weighted by Crippen LogP contribution is -2.43. The number of halogens is 1. The van der Waals surface area contributed by atoms with E-state index >= 15 is 0 Å². The van der Waals surface area contributed by atoms with E-state index in [1.165, 1.54) is 39.5 Å². The monoisotopic (exact) mass is 416 g/mol. The van der Waals surface area contributed by atoms with Crippen molar-refractivity contribution in [2.24, 2.45) is 5.92 Å². The molecule has 0 saturated carbocycles. The van der Waals surface area contributed by atoms with Crippen LogP contribution in [0.3, 0.4) is 0 Å². The third-order valence-corrected chi connectivity index (χ3v) is 7.71. The van der Waals surface area contributed by atoms with Gasteiger partial charge in [0.2, 0.25) is 21.1 Å². The molecule has 11 heteroatoms. The summed E-state index contributed by atoms with van der Waals surface area (Å²) in [4.78, 5) is 12.5. The van der Waals surface area contributed by atoms with E-state index in [0.29, 0.717) is 24.5 Å². The Kier molecular flexibility index (Phi) is 5.90. The average Bonchev–Trinajstić information content (AvgIpc) is 3.10. The molecule has 1 aromatic carbocycles. The highest BCUT2D eigenvalue weighted by Crippen LogP contribution is 2.27. The lowest BCUT2D eigenvalue weighted by atomic mass is 9.99. The molecule has 1 aliphatic rings. The zero-order valence-electron chi connectivity index (χ0n) is 13.9. The van der Waals surface area contributed by atoms with Gasteiger partial charge in [0.25, 0.3) is 0 Å². The first-order valence-electron chi connectivity index (χ1n) is 7.84. The van der Waals surface area contributed by atoms with Gasteiger partial charge in [0.05, 0.1) is 10.8 Å². The summed E-state index contributed by atoms with van der Waals surface area (Å²) < 4.78 is 40.5. The van der Waals surface area contributed by atoms with Crippen molar-refractivity contribution < 1.29 is 17.6 Å². The number of benzene rings is 1. The number of aromatic nitrogens is 2. The number of carbonyl (C=O) groups is 1. The van der Waals surface area contributed by atoms with Crippen LogP contribution >= 0.6 is 23.1 Å². The smallest absolute Gasteiger partial charge is 0.243 e. The summed E-state index contributed by atoms with van der Waals surface area (Å²) in [6, 6.07) is 4.69. The third-order valence-electron chi connectivity index (χ3n) is 4.02. The van der Waals surface area contributed by atoms with Crippen LogP contribution in [0.25, 0.3) is 0 Å². The van der Waals surface area contributed by atoms with Gasteiger partial charge in [0, 0.05) is 13.1 Å². The van der Waals surface area contributed by atoms with Crippen molar-refractivity contribution in [3.05, 3.63) is 30.1 Å². The van der Waals surface area contributed by atoms with Crippen LogP contribution in [0, 0.1) is 11.7 Å². The van der Waals surface area contributed by atoms with Crippen molar-refractivity contribution in [1.29, 1.82) is 0 Å². The van der Waals surface area contributed by atoms with Crippen LogP contribution < -0.4 is 5.32 Å². The third kappa shape index (κ3) is 4.22. The molecule has 0 bridgehead atoms. The van der Waals surface area contributed by atoms with E-state index in [0.717, 1.165) is 16.5 Å². The molecule has 1 fully saturated rings.